The molecule has 1 rings (SSSR count). The van der Waals surface area contributed by atoms with Gasteiger partial charge < -0.3 is 15.4 Å². The molecular weight excluding hydrogens is 228 g/mol. The molecule has 0 aromatic carbocycles. The van der Waals surface area contributed by atoms with Crippen LogP contribution in [0.5, 0.6) is 0 Å². The Balaban J connectivity index is 2.73. The number of thiocarbonyl (C=S) groups is 1. The Kier molecular flexibility index (Phi) is 4.12. The number of hydrogen-bond acceptors (Lipinski definition) is 6. The predicted molar refractivity (Wildman–Crippen MR) is 63.2 cm³/mol. The normalized spacial score (nSPS) is 9.62. The predicted octanol–water partition coefficient (Wildman–Crippen LogP) is -0.280. The Labute approximate surface area is 98.4 Å². The van der Waals surface area contributed by atoms with Gasteiger partial charge in [0.25, 0.3) is 0 Å². The molecule has 0 aliphatic heterocycles. The lowest BCUT2D eigenvalue weighted by molar-refractivity contribution is -0.138. The van der Waals surface area contributed by atoms with Gasteiger partial charge in [0.15, 0.2) is 0 Å². The lowest BCUT2D eigenvalue weighted by atomic mass is 10.4. The van der Waals surface area contributed by atoms with E-state index < -0.39 is 0 Å². The molecule has 0 aliphatic carbocycles. The summed E-state index contributed by atoms with van der Waals surface area (Å²) >= 11 is 4.75. The van der Waals surface area contributed by atoms with E-state index in [9.17, 15) is 4.79 Å². The molecule has 86 valence electrons. The Hall–Kier alpha value is -1.76. The van der Waals surface area contributed by atoms with Crippen LogP contribution in [0.15, 0.2) is 12.4 Å². The average Bonchev–Trinajstić information content (AvgIpc) is 2.28. The van der Waals surface area contributed by atoms with Crippen LogP contribution in [-0.2, 0) is 9.53 Å². The van der Waals surface area contributed by atoms with E-state index in [-0.39, 0.29) is 17.5 Å². The van der Waals surface area contributed by atoms with E-state index >= 15 is 0 Å². The van der Waals surface area contributed by atoms with Crippen molar-refractivity contribution in [3.8, 4) is 0 Å². The number of rotatable bonds is 4. The Morgan fingerprint density at radius 2 is 2.25 bits per heavy atom. The first-order valence-corrected chi connectivity index (χ1v) is 4.85. The van der Waals surface area contributed by atoms with E-state index in [1.165, 1.54) is 19.5 Å². The summed E-state index contributed by atoms with van der Waals surface area (Å²) in [7, 11) is 3.04. The first-order valence-electron chi connectivity index (χ1n) is 4.44. The zero-order valence-corrected chi connectivity index (χ0v) is 9.82. The summed E-state index contributed by atoms with van der Waals surface area (Å²) in [6.07, 6.45) is 2.96. The second kappa shape index (κ2) is 5.36. The molecule has 0 aliphatic rings. The van der Waals surface area contributed by atoms with Crippen LogP contribution in [0.2, 0.25) is 0 Å². The van der Waals surface area contributed by atoms with Gasteiger partial charge in [-0.1, -0.05) is 12.2 Å². The van der Waals surface area contributed by atoms with Crippen LogP contribution >= 0.6 is 12.2 Å². The van der Waals surface area contributed by atoms with Gasteiger partial charge in [-0.15, -0.1) is 0 Å². The summed E-state index contributed by atoms with van der Waals surface area (Å²) in [5.41, 5.74) is 5.83. The molecule has 0 unspecified atom stereocenters. The molecule has 7 heteroatoms. The third-order valence-corrected chi connectivity index (χ3v) is 2.08. The van der Waals surface area contributed by atoms with Gasteiger partial charge in [-0.3, -0.25) is 4.79 Å². The van der Waals surface area contributed by atoms with Gasteiger partial charge in [-0.25, -0.2) is 9.97 Å². The first kappa shape index (κ1) is 12.3. The van der Waals surface area contributed by atoms with Gasteiger partial charge in [0, 0.05) is 7.05 Å². The van der Waals surface area contributed by atoms with Crippen molar-refractivity contribution in [2.75, 3.05) is 25.6 Å². The van der Waals surface area contributed by atoms with Crippen molar-refractivity contribution in [2.45, 2.75) is 0 Å². The molecule has 1 aromatic rings. The summed E-state index contributed by atoms with van der Waals surface area (Å²) in [4.78, 5) is 20.9. The highest BCUT2D eigenvalue weighted by Gasteiger charge is 2.09. The van der Waals surface area contributed by atoms with Crippen LogP contribution in [0, 0.1) is 0 Å². The fraction of sp³-hybridized carbons (Fsp3) is 0.333. The number of carbonyl (C=O) groups excluding carboxylic acids is 1. The number of ether oxygens (including phenoxy) is 1. The highest BCUT2D eigenvalue weighted by molar-refractivity contribution is 7.80. The van der Waals surface area contributed by atoms with Crippen molar-refractivity contribution in [3.63, 3.8) is 0 Å². The van der Waals surface area contributed by atoms with Crippen LogP contribution < -0.4 is 10.6 Å². The fourth-order valence-electron chi connectivity index (χ4n) is 0.985. The zero-order chi connectivity index (χ0) is 12.1. The molecule has 6 nitrogen and oxygen atoms in total. The van der Waals surface area contributed by atoms with Crippen molar-refractivity contribution in [3.05, 3.63) is 18.1 Å². The van der Waals surface area contributed by atoms with Crippen molar-refractivity contribution >= 4 is 29.0 Å². The molecule has 0 spiro atoms. The summed E-state index contributed by atoms with van der Waals surface area (Å²) in [6, 6.07) is 0. The number of hydrogen-bond donors (Lipinski definition) is 1. The maximum absolute atomic E-state index is 11.0. The fourth-order valence-corrected chi connectivity index (χ4v) is 1.09. The summed E-state index contributed by atoms with van der Waals surface area (Å²) in [5.74, 6) is 0.202. The molecule has 0 amide bonds. The number of aromatic nitrogens is 2. The number of anilines is 1. The molecule has 2 N–H and O–H groups in total. The monoisotopic (exact) mass is 240 g/mol. The number of nitrogens with zero attached hydrogens (tertiary/aromatic N) is 3. The topological polar surface area (TPSA) is 81.3 Å². The molecule has 1 aromatic heterocycles. The molecule has 0 saturated heterocycles. The highest BCUT2D eigenvalue weighted by atomic mass is 32.1. The first-order chi connectivity index (χ1) is 7.54. The summed E-state index contributed by atoms with van der Waals surface area (Å²) in [6.45, 7) is 0.109. The van der Waals surface area contributed by atoms with Crippen LogP contribution in [0.25, 0.3) is 0 Å². The van der Waals surface area contributed by atoms with E-state index in [0.717, 1.165) is 0 Å². The van der Waals surface area contributed by atoms with E-state index in [1.54, 1.807) is 11.9 Å². The van der Waals surface area contributed by atoms with Gasteiger partial charge in [0.1, 0.15) is 23.0 Å². The smallest absolute Gasteiger partial charge is 0.325 e. The molecule has 1 heterocycles. The standard InChI is InChI=1S/C9H12N4O2S/c1-13(5-8(14)15-2)7-4-11-6(3-12-7)9(10)16/h3-4H,5H2,1-2H3,(H2,10,16). The zero-order valence-electron chi connectivity index (χ0n) is 9.01. The summed E-state index contributed by atoms with van der Waals surface area (Å²) < 4.78 is 4.53. The lowest BCUT2D eigenvalue weighted by Gasteiger charge is -2.15. The second-order valence-electron chi connectivity index (χ2n) is 3.06. The minimum absolute atomic E-state index is 0.109. The van der Waals surface area contributed by atoms with E-state index in [0.29, 0.717) is 11.5 Å². The van der Waals surface area contributed by atoms with Crippen LogP contribution in [0.4, 0.5) is 5.82 Å². The Morgan fingerprint density at radius 3 is 2.69 bits per heavy atom. The van der Waals surface area contributed by atoms with Gasteiger partial charge in [-0.2, -0.15) is 0 Å². The number of esters is 1. The van der Waals surface area contributed by atoms with Crippen LogP contribution in [0.3, 0.4) is 0 Å². The Morgan fingerprint density at radius 1 is 1.56 bits per heavy atom. The maximum atomic E-state index is 11.0. The van der Waals surface area contributed by atoms with E-state index in [4.69, 9.17) is 18.0 Å². The van der Waals surface area contributed by atoms with Crippen LogP contribution in [0.1, 0.15) is 5.69 Å². The van der Waals surface area contributed by atoms with Gasteiger partial charge in [0.05, 0.1) is 19.5 Å². The van der Waals surface area contributed by atoms with Crippen molar-refractivity contribution < 1.29 is 9.53 Å². The third-order valence-electron chi connectivity index (χ3n) is 1.88. The second-order valence-corrected chi connectivity index (χ2v) is 3.50. The maximum Gasteiger partial charge on any atom is 0.325 e. The molecule has 0 bridgehead atoms. The summed E-state index contributed by atoms with van der Waals surface area (Å²) in [5, 5.41) is 0. The lowest BCUT2D eigenvalue weighted by Crippen LogP contribution is -2.27. The van der Waals surface area contributed by atoms with Gasteiger partial charge >= 0.3 is 5.97 Å². The Bertz CT molecular complexity index is 393. The SMILES string of the molecule is COC(=O)CN(C)c1cnc(C(N)=S)cn1. The quantitative estimate of drug-likeness (QED) is 0.572. The number of nitrogens with two attached hydrogens (primary N) is 1. The molecule has 0 atom stereocenters. The van der Waals surface area contributed by atoms with Gasteiger partial charge in [0.2, 0.25) is 0 Å². The van der Waals surface area contributed by atoms with Crippen molar-refractivity contribution in [1.82, 2.24) is 9.97 Å². The van der Waals surface area contributed by atoms with E-state index in [1.807, 2.05) is 0 Å². The molecule has 0 saturated carbocycles. The van der Waals surface area contributed by atoms with Crippen molar-refractivity contribution in [1.29, 1.82) is 0 Å². The number of likely N-dealkylation sites (N-methyl/N-ethyl adjacent to an activating group) is 1. The highest BCUT2D eigenvalue weighted by Crippen LogP contribution is 2.06. The largest absolute Gasteiger partial charge is 0.468 e. The van der Waals surface area contributed by atoms with E-state index in [2.05, 4.69) is 14.7 Å². The van der Waals surface area contributed by atoms with Gasteiger partial charge in [-0.05, 0) is 0 Å². The van der Waals surface area contributed by atoms with Crippen LogP contribution in [-0.4, -0.2) is 41.6 Å². The molecule has 16 heavy (non-hydrogen) atoms. The minimum Gasteiger partial charge on any atom is -0.468 e. The minimum atomic E-state index is -0.345. The third kappa shape index (κ3) is 3.13. The molecule has 0 fully saturated rings. The average molecular weight is 240 g/mol. The number of carbonyl (C=O) groups is 1. The molecular formula is C9H12N4O2S. The van der Waals surface area contributed by atoms with Crippen molar-refractivity contribution in [2.24, 2.45) is 5.73 Å². The number of methoxy groups -OCH3 is 1. The molecule has 0 radical (unpaired) electrons.